The average Bonchev–Trinajstić information content (AvgIpc) is 2.31. The Morgan fingerprint density at radius 1 is 1.19 bits per heavy atom. The maximum absolute atomic E-state index is 10.3. The Hall–Kier alpha value is -2.25. The molecule has 0 aliphatic carbocycles. The van der Waals surface area contributed by atoms with E-state index in [1.165, 1.54) is 0 Å². The van der Waals surface area contributed by atoms with Crippen LogP contribution in [0.25, 0.3) is 11.1 Å². The first-order valence-electron chi connectivity index (χ1n) is 4.91. The number of aromatic nitrogens is 1. The number of carbonyl (C=O) groups excluding carboxylic acids is 1. The molecule has 0 aliphatic rings. The smallest absolute Gasteiger partial charge is 0.240 e. The molecule has 16 heavy (non-hydrogen) atoms. The second-order valence-corrected chi connectivity index (χ2v) is 3.41. The third kappa shape index (κ3) is 1.90. The summed E-state index contributed by atoms with van der Waals surface area (Å²) in [6, 6.07) is 9.79. The van der Waals surface area contributed by atoms with E-state index in [9.17, 15) is 4.79 Å². The van der Waals surface area contributed by atoms with E-state index < -0.39 is 0 Å². The fraction of sp³-hybridized carbons (Fsp3) is 0.0769. The number of aliphatic imine (C=N–C) groups is 1. The van der Waals surface area contributed by atoms with Crippen LogP contribution in [0.4, 0.5) is 5.69 Å². The molecule has 0 saturated heterocycles. The number of nitrogens with zero attached hydrogens (tertiary/aromatic N) is 2. The van der Waals surface area contributed by atoms with Crippen LogP contribution >= 0.6 is 0 Å². The van der Waals surface area contributed by atoms with Gasteiger partial charge in [0.05, 0.1) is 6.20 Å². The molecule has 1 heterocycles. The van der Waals surface area contributed by atoms with E-state index in [-0.39, 0.29) is 0 Å². The van der Waals surface area contributed by atoms with Gasteiger partial charge >= 0.3 is 0 Å². The summed E-state index contributed by atoms with van der Waals surface area (Å²) < 4.78 is 0. The van der Waals surface area contributed by atoms with Crippen molar-refractivity contribution in [2.75, 3.05) is 0 Å². The monoisotopic (exact) mass is 210 g/mol. The Labute approximate surface area is 93.5 Å². The zero-order chi connectivity index (χ0) is 11.4. The van der Waals surface area contributed by atoms with Crippen molar-refractivity contribution < 1.29 is 4.79 Å². The van der Waals surface area contributed by atoms with Gasteiger partial charge < -0.3 is 0 Å². The van der Waals surface area contributed by atoms with Gasteiger partial charge in [0, 0.05) is 11.8 Å². The van der Waals surface area contributed by atoms with Gasteiger partial charge in [0.25, 0.3) is 0 Å². The highest BCUT2D eigenvalue weighted by atomic mass is 16.1. The second kappa shape index (κ2) is 4.51. The van der Waals surface area contributed by atoms with Crippen molar-refractivity contribution in [1.82, 2.24) is 4.98 Å². The third-order valence-corrected chi connectivity index (χ3v) is 2.40. The Morgan fingerprint density at radius 2 is 2.00 bits per heavy atom. The van der Waals surface area contributed by atoms with E-state index in [0.717, 1.165) is 16.7 Å². The van der Waals surface area contributed by atoms with E-state index in [2.05, 4.69) is 9.98 Å². The molecular formula is C13H10N2O. The predicted octanol–water partition coefficient (Wildman–Crippen LogP) is 3.02. The lowest BCUT2D eigenvalue weighted by Crippen LogP contribution is -1.84. The van der Waals surface area contributed by atoms with Crippen LogP contribution in [0, 0.1) is 6.92 Å². The summed E-state index contributed by atoms with van der Waals surface area (Å²) in [6.45, 7) is 2.02. The zero-order valence-electron chi connectivity index (χ0n) is 8.84. The standard InChI is InChI=1S/C13H10N2O/c1-10-4-2-3-5-11(10)12-6-7-14-8-13(12)15-9-16/h2-8H,1H3. The van der Waals surface area contributed by atoms with E-state index in [1.54, 1.807) is 18.5 Å². The minimum Gasteiger partial charge on any atom is -0.262 e. The molecule has 3 nitrogen and oxygen atoms in total. The van der Waals surface area contributed by atoms with E-state index in [0.29, 0.717) is 5.69 Å². The number of benzene rings is 1. The van der Waals surface area contributed by atoms with Gasteiger partial charge in [-0.3, -0.25) is 4.98 Å². The van der Waals surface area contributed by atoms with Crippen molar-refractivity contribution in [3.05, 3.63) is 48.3 Å². The summed E-state index contributed by atoms with van der Waals surface area (Å²) in [6.07, 6.45) is 4.80. The first-order chi connectivity index (χ1) is 7.83. The first kappa shape index (κ1) is 10.3. The highest BCUT2D eigenvalue weighted by Crippen LogP contribution is 2.30. The molecule has 0 fully saturated rings. The largest absolute Gasteiger partial charge is 0.262 e. The van der Waals surface area contributed by atoms with Crippen molar-refractivity contribution in [1.29, 1.82) is 0 Å². The Bertz CT molecular complexity index is 557. The van der Waals surface area contributed by atoms with E-state index in [1.807, 2.05) is 37.3 Å². The molecular weight excluding hydrogens is 200 g/mol. The Morgan fingerprint density at radius 3 is 2.75 bits per heavy atom. The van der Waals surface area contributed by atoms with E-state index in [4.69, 9.17) is 0 Å². The van der Waals surface area contributed by atoms with Gasteiger partial charge in [0.1, 0.15) is 5.69 Å². The molecule has 2 aromatic rings. The lowest BCUT2D eigenvalue weighted by molar-refractivity contribution is 0.565. The van der Waals surface area contributed by atoms with Crippen LogP contribution in [-0.4, -0.2) is 11.1 Å². The molecule has 0 radical (unpaired) electrons. The van der Waals surface area contributed by atoms with Crippen LogP contribution in [0.3, 0.4) is 0 Å². The summed E-state index contributed by atoms with van der Waals surface area (Å²) >= 11 is 0. The molecule has 3 heteroatoms. The summed E-state index contributed by atoms with van der Waals surface area (Å²) in [7, 11) is 0. The van der Waals surface area contributed by atoms with Crippen molar-refractivity contribution in [2.45, 2.75) is 6.92 Å². The molecule has 0 saturated carbocycles. The maximum Gasteiger partial charge on any atom is 0.240 e. The zero-order valence-corrected chi connectivity index (χ0v) is 8.84. The molecule has 2 rings (SSSR count). The van der Waals surface area contributed by atoms with Crippen LogP contribution in [0.5, 0.6) is 0 Å². The number of pyridine rings is 1. The van der Waals surface area contributed by atoms with Crippen molar-refractivity contribution in [2.24, 2.45) is 4.99 Å². The lowest BCUT2D eigenvalue weighted by Gasteiger charge is -2.06. The molecule has 1 aromatic carbocycles. The quantitative estimate of drug-likeness (QED) is 0.564. The van der Waals surface area contributed by atoms with Gasteiger partial charge in [0.2, 0.25) is 6.08 Å². The van der Waals surface area contributed by atoms with Crippen molar-refractivity contribution in [3.63, 3.8) is 0 Å². The van der Waals surface area contributed by atoms with Crippen molar-refractivity contribution >= 4 is 11.8 Å². The van der Waals surface area contributed by atoms with Crippen LogP contribution in [0.1, 0.15) is 5.56 Å². The number of hydrogen-bond acceptors (Lipinski definition) is 3. The SMILES string of the molecule is Cc1ccccc1-c1ccncc1N=C=O. The Balaban J connectivity index is 2.64. The molecule has 1 aromatic heterocycles. The molecule has 0 atom stereocenters. The molecule has 0 N–H and O–H groups in total. The highest BCUT2D eigenvalue weighted by Gasteiger charge is 2.05. The van der Waals surface area contributed by atoms with Gasteiger partial charge in [-0.15, -0.1) is 0 Å². The minimum absolute atomic E-state index is 0.548. The summed E-state index contributed by atoms with van der Waals surface area (Å²) in [5, 5.41) is 0. The summed E-state index contributed by atoms with van der Waals surface area (Å²) in [4.78, 5) is 17.9. The molecule has 0 aliphatic heterocycles. The Kier molecular flexibility index (Phi) is 2.90. The van der Waals surface area contributed by atoms with E-state index >= 15 is 0 Å². The van der Waals surface area contributed by atoms with Gasteiger partial charge in [-0.25, -0.2) is 4.79 Å². The third-order valence-electron chi connectivity index (χ3n) is 2.40. The van der Waals surface area contributed by atoms with Gasteiger partial charge in [-0.2, -0.15) is 4.99 Å². The number of aryl methyl sites for hydroxylation is 1. The fourth-order valence-electron chi connectivity index (χ4n) is 1.63. The lowest BCUT2D eigenvalue weighted by atomic mass is 10.0. The molecule has 0 amide bonds. The average molecular weight is 210 g/mol. The van der Waals surface area contributed by atoms with Crippen LogP contribution in [0.15, 0.2) is 47.7 Å². The minimum atomic E-state index is 0.548. The topological polar surface area (TPSA) is 42.3 Å². The van der Waals surface area contributed by atoms with Crippen LogP contribution in [0.2, 0.25) is 0 Å². The predicted molar refractivity (Wildman–Crippen MR) is 62.2 cm³/mol. The molecule has 0 bridgehead atoms. The number of isocyanates is 1. The van der Waals surface area contributed by atoms with Gasteiger partial charge in [0.15, 0.2) is 0 Å². The van der Waals surface area contributed by atoms with Crippen LogP contribution in [-0.2, 0) is 4.79 Å². The normalized spacial score (nSPS) is 9.56. The molecule has 0 spiro atoms. The summed E-state index contributed by atoms with van der Waals surface area (Å²) in [5.41, 5.74) is 3.64. The molecule has 78 valence electrons. The molecule has 0 unspecified atom stereocenters. The van der Waals surface area contributed by atoms with Crippen molar-refractivity contribution in [3.8, 4) is 11.1 Å². The van der Waals surface area contributed by atoms with Gasteiger partial charge in [-0.1, -0.05) is 24.3 Å². The fourth-order valence-corrected chi connectivity index (χ4v) is 1.63. The maximum atomic E-state index is 10.3. The second-order valence-electron chi connectivity index (χ2n) is 3.41. The number of rotatable bonds is 2. The highest BCUT2D eigenvalue weighted by molar-refractivity contribution is 5.78. The first-order valence-corrected chi connectivity index (χ1v) is 4.91. The number of hydrogen-bond donors (Lipinski definition) is 0. The van der Waals surface area contributed by atoms with Crippen LogP contribution < -0.4 is 0 Å². The van der Waals surface area contributed by atoms with Gasteiger partial charge in [-0.05, 0) is 24.1 Å². The summed E-state index contributed by atoms with van der Waals surface area (Å²) in [5.74, 6) is 0.